The van der Waals surface area contributed by atoms with E-state index in [1.165, 1.54) is 38.5 Å². The maximum Gasteiger partial charge on any atom is 0.0641 e. The molecule has 1 unspecified atom stereocenters. The predicted octanol–water partition coefficient (Wildman–Crippen LogP) is 3.22. The van der Waals surface area contributed by atoms with Crippen molar-refractivity contribution in [3.63, 3.8) is 0 Å². The van der Waals surface area contributed by atoms with Gasteiger partial charge in [0.05, 0.1) is 12.5 Å². The number of rotatable bonds is 3. The lowest BCUT2D eigenvalue weighted by molar-refractivity contribution is -0.0977. The van der Waals surface area contributed by atoms with Crippen LogP contribution in [-0.4, -0.2) is 5.54 Å². The molecule has 0 spiro atoms. The number of nitriles is 1. The molecule has 0 aromatic heterocycles. The van der Waals surface area contributed by atoms with Crippen molar-refractivity contribution in [3.8, 4) is 6.07 Å². The van der Waals surface area contributed by atoms with Gasteiger partial charge >= 0.3 is 0 Å². The van der Waals surface area contributed by atoms with E-state index in [4.69, 9.17) is 11.0 Å². The van der Waals surface area contributed by atoms with Gasteiger partial charge in [0.1, 0.15) is 0 Å². The third-order valence-electron chi connectivity index (χ3n) is 6.12. The molecule has 1 atom stereocenters. The fraction of sp³-hybridized carbons (Fsp3) is 0.933. The Morgan fingerprint density at radius 2 is 1.65 bits per heavy atom. The van der Waals surface area contributed by atoms with Crippen LogP contribution in [0.1, 0.15) is 58.3 Å². The highest BCUT2D eigenvalue weighted by Crippen LogP contribution is 2.64. The van der Waals surface area contributed by atoms with Gasteiger partial charge in [-0.05, 0) is 68.1 Å². The van der Waals surface area contributed by atoms with Crippen LogP contribution in [0.4, 0.5) is 0 Å². The number of nitrogens with two attached hydrogens (primary N) is 1. The molecule has 17 heavy (non-hydrogen) atoms. The number of hydrogen-bond acceptors (Lipinski definition) is 2. The van der Waals surface area contributed by atoms with Gasteiger partial charge in [-0.1, -0.05) is 6.92 Å². The van der Waals surface area contributed by atoms with Gasteiger partial charge < -0.3 is 5.73 Å². The highest BCUT2D eigenvalue weighted by Gasteiger charge is 2.58. The molecule has 0 radical (unpaired) electrons. The van der Waals surface area contributed by atoms with Gasteiger partial charge in [0, 0.05) is 5.54 Å². The molecule has 4 bridgehead atoms. The van der Waals surface area contributed by atoms with E-state index in [-0.39, 0.29) is 5.54 Å². The number of hydrogen-bond donors (Lipinski definition) is 1. The van der Waals surface area contributed by atoms with Crippen LogP contribution in [0.5, 0.6) is 0 Å². The standard InChI is InChI=1S/C15H24N2/c1-2-15(17,3-4-16)14-8-11-5-12(9-14)7-13(6-11)10-14/h11-13H,2-3,5-10,17H2,1H3. The first-order valence-corrected chi connectivity index (χ1v) is 7.26. The summed E-state index contributed by atoms with van der Waals surface area (Å²) in [4.78, 5) is 0. The molecule has 2 nitrogen and oxygen atoms in total. The Balaban J connectivity index is 1.93. The summed E-state index contributed by atoms with van der Waals surface area (Å²) in [7, 11) is 0. The van der Waals surface area contributed by atoms with Crippen molar-refractivity contribution >= 4 is 0 Å². The molecule has 4 aliphatic rings. The Morgan fingerprint density at radius 3 is 2.00 bits per heavy atom. The maximum absolute atomic E-state index is 9.10. The smallest absolute Gasteiger partial charge is 0.0641 e. The van der Waals surface area contributed by atoms with Crippen LogP contribution in [0.2, 0.25) is 0 Å². The highest BCUT2D eigenvalue weighted by atomic mass is 14.8. The maximum atomic E-state index is 9.10. The summed E-state index contributed by atoms with van der Waals surface area (Å²) in [5.41, 5.74) is 6.79. The molecule has 0 aromatic rings. The van der Waals surface area contributed by atoms with E-state index in [0.717, 1.165) is 24.2 Å². The first-order valence-electron chi connectivity index (χ1n) is 7.26. The van der Waals surface area contributed by atoms with Gasteiger partial charge in [0.25, 0.3) is 0 Å². The lowest BCUT2D eigenvalue weighted by atomic mass is 9.44. The van der Waals surface area contributed by atoms with Crippen LogP contribution in [0.25, 0.3) is 0 Å². The zero-order valence-electron chi connectivity index (χ0n) is 10.9. The monoisotopic (exact) mass is 232 g/mol. The SMILES string of the molecule is CCC(N)(CC#N)C12CC3CC(CC(C3)C1)C2. The van der Waals surface area contributed by atoms with Crippen LogP contribution in [0.15, 0.2) is 0 Å². The van der Waals surface area contributed by atoms with E-state index in [1.807, 2.05) is 0 Å². The van der Waals surface area contributed by atoms with Gasteiger partial charge in [0.2, 0.25) is 0 Å². The van der Waals surface area contributed by atoms with Crippen LogP contribution >= 0.6 is 0 Å². The van der Waals surface area contributed by atoms with Gasteiger partial charge in [-0.25, -0.2) is 0 Å². The summed E-state index contributed by atoms with van der Waals surface area (Å²) in [5.74, 6) is 2.78. The van der Waals surface area contributed by atoms with Crippen molar-refractivity contribution in [1.82, 2.24) is 0 Å². The van der Waals surface area contributed by atoms with Gasteiger partial charge in [-0.3, -0.25) is 0 Å². The fourth-order valence-corrected chi connectivity index (χ4v) is 5.55. The fourth-order valence-electron chi connectivity index (χ4n) is 5.55. The van der Waals surface area contributed by atoms with E-state index in [0.29, 0.717) is 11.8 Å². The molecule has 4 saturated carbocycles. The van der Waals surface area contributed by atoms with E-state index in [2.05, 4.69) is 13.0 Å². The van der Waals surface area contributed by atoms with Crippen molar-refractivity contribution in [2.45, 2.75) is 63.8 Å². The van der Waals surface area contributed by atoms with E-state index < -0.39 is 0 Å². The molecule has 0 aliphatic heterocycles. The average molecular weight is 232 g/mol. The molecular formula is C15H24N2. The van der Waals surface area contributed by atoms with Crippen molar-refractivity contribution in [2.75, 3.05) is 0 Å². The van der Waals surface area contributed by atoms with Gasteiger partial charge in [-0.2, -0.15) is 5.26 Å². The molecular weight excluding hydrogens is 208 g/mol. The Labute approximate surface area is 105 Å². The minimum Gasteiger partial charge on any atom is -0.324 e. The van der Waals surface area contributed by atoms with E-state index in [1.54, 1.807) is 0 Å². The summed E-state index contributed by atoms with van der Waals surface area (Å²) < 4.78 is 0. The summed E-state index contributed by atoms with van der Waals surface area (Å²) in [6, 6.07) is 2.36. The third-order valence-corrected chi connectivity index (χ3v) is 6.12. The van der Waals surface area contributed by atoms with Crippen molar-refractivity contribution in [1.29, 1.82) is 5.26 Å². The molecule has 4 aliphatic carbocycles. The number of nitrogens with zero attached hydrogens (tertiary/aromatic N) is 1. The summed E-state index contributed by atoms with van der Waals surface area (Å²) >= 11 is 0. The van der Waals surface area contributed by atoms with Gasteiger partial charge in [-0.15, -0.1) is 0 Å². The predicted molar refractivity (Wildman–Crippen MR) is 68.0 cm³/mol. The molecule has 4 rings (SSSR count). The molecule has 0 amide bonds. The normalized spacial score (nSPS) is 46.5. The minimum absolute atomic E-state index is 0.211. The third kappa shape index (κ3) is 1.55. The Kier molecular flexibility index (Phi) is 2.52. The molecule has 0 heterocycles. The van der Waals surface area contributed by atoms with Gasteiger partial charge in [0.15, 0.2) is 0 Å². The van der Waals surface area contributed by atoms with Crippen molar-refractivity contribution < 1.29 is 0 Å². The van der Waals surface area contributed by atoms with Crippen molar-refractivity contribution in [2.24, 2.45) is 28.9 Å². The molecule has 0 aromatic carbocycles. The first-order chi connectivity index (χ1) is 8.11. The lowest BCUT2D eigenvalue weighted by Gasteiger charge is -2.62. The van der Waals surface area contributed by atoms with Crippen LogP contribution < -0.4 is 5.73 Å². The van der Waals surface area contributed by atoms with Crippen LogP contribution in [0.3, 0.4) is 0 Å². The molecule has 0 saturated heterocycles. The van der Waals surface area contributed by atoms with Crippen molar-refractivity contribution in [3.05, 3.63) is 0 Å². The molecule has 2 N–H and O–H groups in total. The minimum atomic E-state index is -0.211. The topological polar surface area (TPSA) is 49.8 Å². The lowest BCUT2D eigenvalue weighted by Crippen LogP contribution is -2.62. The molecule has 4 fully saturated rings. The Hall–Kier alpha value is -0.550. The van der Waals surface area contributed by atoms with E-state index in [9.17, 15) is 0 Å². The largest absolute Gasteiger partial charge is 0.324 e. The van der Waals surface area contributed by atoms with E-state index >= 15 is 0 Å². The summed E-state index contributed by atoms with van der Waals surface area (Å²) in [6.07, 6.45) is 9.80. The summed E-state index contributed by atoms with van der Waals surface area (Å²) in [5, 5.41) is 9.10. The summed E-state index contributed by atoms with van der Waals surface area (Å²) in [6.45, 7) is 2.18. The van der Waals surface area contributed by atoms with Crippen LogP contribution in [-0.2, 0) is 0 Å². The molecule has 2 heteroatoms. The highest BCUT2D eigenvalue weighted by molar-refractivity contribution is 5.13. The second-order valence-corrected chi connectivity index (χ2v) is 7.04. The second kappa shape index (κ2) is 3.72. The zero-order valence-corrected chi connectivity index (χ0v) is 10.9. The van der Waals surface area contributed by atoms with Crippen LogP contribution in [0, 0.1) is 34.5 Å². The second-order valence-electron chi connectivity index (χ2n) is 7.04. The zero-order chi connectivity index (χ0) is 12.1. The average Bonchev–Trinajstić information content (AvgIpc) is 2.27. The Morgan fingerprint density at radius 1 is 1.18 bits per heavy atom. The molecule has 94 valence electrons. The first kappa shape index (κ1) is 11.5. The Bertz CT molecular complexity index is 319. The quantitative estimate of drug-likeness (QED) is 0.812.